The van der Waals surface area contributed by atoms with Crippen LogP contribution in [-0.2, 0) is 0 Å². The second-order valence-corrected chi connectivity index (χ2v) is 2.89. The van der Waals surface area contributed by atoms with Gasteiger partial charge in [0.25, 0.3) is 0 Å². The van der Waals surface area contributed by atoms with E-state index in [2.05, 4.69) is 0 Å². The van der Waals surface area contributed by atoms with Gasteiger partial charge in [-0.25, -0.2) is 4.79 Å². The molecule has 0 heterocycles. The highest BCUT2D eigenvalue weighted by Gasteiger charge is 2.12. The first kappa shape index (κ1) is 9.45. The molecular weight excluding hydrogens is 168 g/mol. The molecule has 1 aromatic rings. The molecule has 0 aromatic heterocycles. The smallest absolute Gasteiger partial charge is 0.336 e. The predicted octanol–water partition coefficient (Wildman–Crippen LogP) is 1.81. The quantitative estimate of drug-likeness (QED) is 0.702. The maximum absolute atomic E-state index is 10.8. The van der Waals surface area contributed by atoms with E-state index in [1.165, 1.54) is 0 Å². The topological polar surface area (TPSA) is 54.4 Å². The number of rotatable bonds is 2. The Morgan fingerprint density at radius 3 is 2.46 bits per heavy atom. The first-order valence-corrected chi connectivity index (χ1v) is 3.86. The Bertz CT molecular complexity index is 367. The summed E-state index contributed by atoms with van der Waals surface area (Å²) >= 11 is 0. The van der Waals surface area contributed by atoms with Gasteiger partial charge in [0.1, 0.15) is 6.29 Å². The summed E-state index contributed by atoms with van der Waals surface area (Å²) in [5.74, 6) is -0.987. The molecule has 1 aromatic carbocycles. The molecule has 0 aliphatic carbocycles. The largest absolute Gasteiger partial charge is 0.478 e. The summed E-state index contributed by atoms with van der Waals surface area (Å²) in [6.07, 6.45) is 0.668. The van der Waals surface area contributed by atoms with E-state index in [0.29, 0.717) is 23.0 Å². The number of carboxylic acids is 1. The summed E-state index contributed by atoms with van der Waals surface area (Å²) < 4.78 is 0. The van der Waals surface area contributed by atoms with Crippen LogP contribution >= 0.6 is 0 Å². The summed E-state index contributed by atoms with van der Waals surface area (Å²) in [5, 5.41) is 8.85. The molecule has 1 N–H and O–H groups in total. The van der Waals surface area contributed by atoms with Crippen LogP contribution in [0.1, 0.15) is 31.8 Å². The van der Waals surface area contributed by atoms with Gasteiger partial charge in [-0.15, -0.1) is 0 Å². The summed E-state index contributed by atoms with van der Waals surface area (Å²) in [7, 11) is 0. The number of aromatic carboxylic acids is 1. The predicted molar refractivity (Wildman–Crippen MR) is 48.3 cm³/mol. The molecule has 68 valence electrons. The van der Waals surface area contributed by atoms with Crippen molar-refractivity contribution in [3.05, 3.63) is 34.4 Å². The molecule has 0 amide bonds. The van der Waals surface area contributed by atoms with Crippen LogP contribution in [0.4, 0.5) is 0 Å². The Labute approximate surface area is 76.0 Å². The van der Waals surface area contributed by atoms with Crippen LogP contribution in [0.3, 0.4) is 0 Å². The van der Waals surface area contributed by atoms with E-state index in [1.807, 2.05) is 0 Å². The van der Waals surface area contributed by atoms with Gasteiger partial charge in [-0.2, -0.15) is 0 Å². The van der Waals surface area contributed by atoms with Gasteiger partial charge < -0.3 is 5.11 Å². The highest BCUT2D eigenvalue weighted by atomic mass is 16.4. The zero-order valence-corrected chi connectivity index (χ0v) is 7.50. The number of aryl methyl sites for hydroxylation is 1. The average molecular weight is 178 g/mol. The molecule has 3 nitrogen and oxygen atoms in total. The minimum absolute atomic E-state index is 0.226. The molecule has 0 unspecified atom stereocenters. The van der Waals surface area contributed by atoms with E-state index >= 15 is 0 Å². The third-order valence-corrected chi connectivity index (χ3v) is 2.06. The van der Waals surface area contributed by atoms with Gasteiger partial charge in [0.2, 0.25) is 0 Å². The second kappa shape index (κ2) is 3.39. The number of benzene rings is 1. The fourth-order valence-electron chi connectivity index (χ4n) is 1.32. The molecule has 0 saturated carbocycles. The number of hydrogen-bond acceptors (Lipinski definition) is 2. The molecule has 13 heavy (non-hydrogen) atoms. The Balaban J connectivity index is 3.47. The Morgan fingerprint density at radius 1 is 1.38 bits per heavy atom. The first-order valence-electron chi connectivity index (χ1n) is 3.86. The summed E-state index contributed by atoms with van der Waals surface area (Å²) in [6.45, 7) is 3.35. The van der Waals surface area contributed by atoms with Crippen LogP contribution < -0.4 is 0 Å². The van der Waals surface area contributed by atoms with Crippen LogP contribution in [0.25, 0.3) is 0 Å². The Hall–Kier alpha value is -1.64. The lowest BCUT2D eigenvalue weighted by atomic mass is 9.98. The van der Waals surface area contributed by atoms with Gasteiger partial charge in [-0.05, 0) is 25.0 Å². The van der Waals surface area contributed by atoms with Crippen LogP contribution in [0.15, 0.2) is 12.1 Å². The summed E-state index contributed by atoms with van der Waals surface area (Å²) in [5.41, 5.74) is 1.87. The fourth-order valence-corrected chi connectivity index (χ4v) is 1.32. The monoisotopic (exact) mass is 178 g/mol. The second-order valence-electron chi connectivity index (χ2n) is 2.89. The van der Waals surface area contributed by atoms with Gasteiger partial charge in [-0.1, -0.05) is 12.1 Å². The third kappa shape index (κ3) is 1.59. The minimum Gasteiger partial charge on any atom is -0.478 e. The highest BCUT2D eigenvalue weighted by Crippen LogP contribution is 2.16. The Morgan fingerprint density at radius 2 is 2.00 bits per heavy atom. The maximum Gasteiger partial charge on any atom is 0.336 e. The molecule has 0 aliphatic heterocycles. The van der Waals surface area contributed by atoms with Crippen molar-refractivity contribution in [1.29, 1.82) is 0 Å². The summed E-state index contributed by atoms with van der Waals surface area (Å²) in [6, 6.07) is 3.27. The SMILES string of the molecule is Cc1ccc(C=O)c(C)c1C(=O)O. The van der Waals surface area contributed by atoms with Crippen molar-refractivity contribution in [2.75, 3.05) is 0 Å². The van der Waals surface area contributed by atoms with Crippen molar-refractivity contribution in [2.24, 2.45) is 0 Å². The first-order chi connectivity index (χ1) is 6.07. The van der Waals surface area contributed by atoms with E-state index in [-0.39, 0.29) is 5.56 Å². The molecule has 0 bridgehead atoms. The van der Waals surface area contributed by atoms with Crippen LogP contribution in [-0.4, -0.2) is 17.4 Å². The number of aldehydes is 1. The van der Waals surface area contributed by atoms with Crippen LogP contribution in [0.2, 0.25) is 0 Å². The molecule has 0 fully saturated rings. The van der Waals surface area contributed by atoms with Crippen LogP contribution in [0.5, 0.6) is 0 Å². The zero-order valence-electron chi connectivity index (χ0n) is 7.50. The summed E-state index contributed by atoms with van der Waals surface area (Å²) in [4.78, 5) is 21.3. The Kier molecular flexibility index (Phi) is 2.46. The normalized spacial score (nSPS) is 9.69. The number of carbonyl (C=O) groups excluding carboxylic acids is 1. The minimum atomic E-state index is -0.987. The lowest BCUT2D eigenvalue weighted by Gasteiger charge is -2.06. The van der Waals surface area contributed by atoms with E-state index < -0.39 is 5.97 Å². The van der Waals surface area contributed by atoms with Crippen molar-refractivity contribution in [2.45, 2.75) is 13.8 Å². The third-order valence-electron chi connectivity index (χ3n) is 2.06. The van der Waals surface area contributed by atoms with Gasteiger partial charge in [0.15, 0.2) is 0 Å². The van der Waals surface area contributed by atoms with Crippen molar-refractivity contribution in [1.82, 2.24) is 0 Å². The van der Waals surface area contributed by atoms with E-state index in [9.17, 15) is 9.59 Å². The van der Waals surface area contributed by atoms with E-state index in [4.69, 9.17) is 5.11 Å². The fraction of sp³-hybridized carbons (Fsp3) is 0.200. The van der Waals surface area contributed by atoms with Crippen molar-refractivity contribution < 1.29 is 14.7 Å². The van der Waals surface area contributed by atoms with Crippen molar-refractivity contribution >= 4 is 12.3 Å². The number of carbonyl (C=O) groups is 2. The standard InChI is InChI=1S/C10H10O3/c1-6-3-4-8(5-11)7(2)9(6)10(12)13/h3-5H,1-2H3,(H,12,13). The lowest BCUT2D eigenvalue weighted by Crippen LogP contribution is -2.05. The zero-order chi connectivity index (χ0) is 10.0. The van der Waals surface area contributed by atoms with Crippen LogP contribution in [0, 0.1) is 13.8 Å². The highest BCUT2D eigenvalue weighted by molar-refractivity contribution is 5.94. The van der Waals surface area contributed by atoms with Crippen molar-refractivity contribution in [3.8, 4) is 0 Å². The molecule has 0 saturated heterocycles. The van der Waals surface area contributed by atoms with Gasteiger partial charge in [0.05, 0.1) is 5.56 Å². The molecule has 0 aliphatic rings. The molecule has 0 radical (unpaired) electrons. The van der Waals surface area contributed by atoms with Gasteiger partial charge in [0, 0.05) is 5.56 Å². The molecular formula is C10H10O3. The van der Waals surface area contributed by atoms with Gasteiger partial charge >= 0.3 is 5.97 Å². The number of hydrogen-bond donors (Lipinski definition) is 1. The average Bonchev–Trinajstić information content (AvgIpc) is 2.04. The molecule has 1 rings (SSSR count). The lowest BCUT2D eigenvalue weighted by molar-refractivity contribution is 0.0695. The van der Waals surface area contributed by atoms with E-state index in [1.54, 1.807) is 26.0 Å². The van der Waals surface area contributed by atoms with Gasteiger partial charge in [-0.3, -0.25) is 4.79 Å². The molecule has 0 spiro atoms. The van der Waals surface area contributed by atoms with E-state index in [0.717, 1.165) is 0 Å². The maximum atomic E-state index is 10.8. The molecule has 3 heteroatoms. The molecule has 0 atom stereocenters. The number of carboxylic acid groups (broad SMARTS) is 1. The van der Waals surface area contributed by atoms with Crippen molar-refractivity contribution in [3.63, 3.8) is 0 Å².